The summed E-state index contributed by atoms with van der Waals surface area (Å²) >= 11 is 0. The van der Waals surface area contributed by atoms with E-state index >= 15 is 0 Å². The summed E-state index contributed by atoms with van der Waals surface area (Å²) in [5.74, 6) is 0.146. The number of hydrogen-bond acceptors (Lipinski definition) is 3. The Hall–Kier alpha value is -2.11. The number of carbonyl (C=O) groups is 1. The molecule has 6 nitrogen and oxygen atoms in total. The van der Waals surface area contributed by atoms with Crippen LogP contribution < -0.4 is 10.9 Å². The average molecular weight is 330 g/mol. The summed E-state index contributed by atoms with van der Waals surface area (Å²) < 4.78 is 0. The lowest BCUT2D eigenvalue weighted by atomic mass is 9.95. The first-order valence-corrected chi connectivity index (χ1v) is 8.97. The molecule has 24 heavy (non-hydrogen) atoms. The molecule has 1 unspecified atom stereocenters. The van der Waals surface area contributed by atoms with Gasteiger partial charge in [0.05, 0.1) is 12.0 Å². The fourth-order valence-electron chi connectivity index (χ4n) is 3.58. The quantitative estimate of drug-likeness (QED) is 0.833. The number of urea groups is 1. The minimum absolute atomic E-state index is 0.000880. The molecule has 0 spiro atoms. The fourth-order valence-corrected chi connectivity index (χ4v) is 3.58. The Labute approximate surface area is 142 Å². The van der Waals surface area contributed by atoms with Crippen LogP contribution in [0, 0.1) is 0 Å². The van der Waals surface area contributed by atoms with Gasteiger partial charge < -0.3 is 15.2 Å². The standard InChI is InChI=1S/C18H26N4O2/c23-17-11-16(20-13-21-17)15-7-4-10-22(12-15)18(24)19-9-8-14-5-2-1-3-6-14/h5,11,13,15H,1-4,6-10,12H2,(H,19,24)(H,20,21,23). The van der Waals surface area contributed by atoms with Gasteiger partial charge in [0.1, 0.15) is 0 Å². The average Bonchev–Trinajstić information content (AvgIpc) is 2.63. The molecule has 1 saturated heterocycles. The normalized spacial score (nSPS) is 21.2. The molecule has 2 aliphatic rings. The van der Waals surface area contributed by atoms with Crippen LogP contribution in [0.2, 0.25) is 0 Å². The van der Waals surface area contributed by atoms with Crippen molar-refractivity contribution in [2.75, 3.05) is 19.6 Å². The number of H-pyrrole nitrogens is 1. The summed E-state index contributed by atoms with van der Waals surface area (Å²) in [6.07, 6.45) is 11.6. The van der Waals surface area contributed by atoms with Crippen LogP contribution in [-0.2, 0) is 0 Å². The Morgan fingerprint density at radius 2 is 2.29 bits per heavy atom. The van der Waals surface area contributed by atoms with E-state index in [0.29, 0.717) is 13.1 Å². The Morgan fingerprint density at radius 3 is 3.08 bits per heavy atom. The van der Waals surface area contributed by atoms with E-state index in [1.54, 1.807) is 6.07 Å². The summed E-state index contributed by atoms with van der Waals surface area (Å²) in [6, 6.07) is 1.54. The second kappa shape index (κ2) is 8.13. The summed E-state index contributed by atoms with van der Waals surface area (Å²) in [7, 11) is 0. The summed E-state index contributed by atoms with van der Waals surface area (Å²) in [5, 5.41) is 3.04. The number of piperidine rings is 1. The molecule has 6 heteroatoms. The first kappa shape index (κ1) is 16.7. The number of amides is 2. The molecule has 1 fully saturated rings. The van der Waals surface area contributed by atoms with Gasteiger partial charge in [0.15, 0.2) is 0 Å². The maximum Gasteiger partial charge on any atom is 0.317 e. The molecule has 1 atom stereocenters. The SMILES string of the molecule is O=C(NCCC1=CCCCC1)N1CCCC(c2cc(=O)[nH]cn2)C1. The van der Waals surface area contributed by atoms with Gasteiger partial charge >= 0.3 is 6.03 Å². The molecule has 0 bridgehead atoms. The molecular weight excluding hydrogens is 304 g/mol. The predicted molar refractivity (Wildman–Crippen MR) is 93.0 cm³/mol. The lowest BCUT2D eigenvalue weighted by molar-refractivity contribution is 0.179. The monoisotopic (exact) mass is 330 g/mol. The minimum atomic E-state index is -0.137. The number of nitrogens with one attached hydrogen (secondary N) is 2. The van der Waals surface area contributed by atoms with Gasteiger partial charge in [-0.05, 0) is 44.9 Å². The van der Waals surface area contributed by atoms with Crippen LogP contribution in [0.4, 0.5) is 4.79 Å². The molecule has 2 N–H and O–H groups in total. The van der Waals surface area contributed by atoms with E-state index in [9.17, 15) is 9.59 Å². The van der Waals surface area contributed by atoms with Gasteiger partial charge in [-0.25, -0.2) is 9.78 Å². The second-order valence-electron chi connectivity index (χ2n) is 6.71. The summed E-state index contributed by atoms with van der Waals surface area (Å²) in [5.41, 5.74) is 2.12. The highest BCUT2D eigenvalue weighted by molar-refractivity contribution is 5.74. The summed E-state index contributed by atoms with van der Waals surface area (Å²) in [4.78, 5) is 32.5. The first-order valence-electron chi connectivity index (χ1n) is 8.97. The van der Waals surface area contributed by atoms with Crippen LogP contribution in [0.3, 0.4) is 0 Å². The molecule has 0 radical (unpaired) electrons. The largest absolute Gasteiger partial charge is 0.338 e. The molecule has 3 rings (SSSR count). The number of aromatic amines is 1. The molecule has 1 aliphatic heterocycles. The van der Waals surface area contributed by atoms with Crippen LogP contribution in [0.1, 0.15) is 56.6 Å². The number of nitrogens with zero attached hydrogens (tertiary/aromatic N) is 2. The highest BCUT2D eigenvalue weighted by atomic mass is 16.2. The molecule has 130 valence electrons. The third kappa shape index (κ3) is 4.46. The van der Waals surface area contributed by atoms with Crippen LogP contribution >= 0.6 is 0 Å². The summed E-state index contributed by atoms with van der Waals surface area (Å²) in [6.45, 7) is 2.11. The maximum atomic E-state index is 12.4. The van der Waals surface area contributed by atoms with Crippen molar-refractivity contribution in [3.63, 3.8) is 0 Å². The van der Waals surface area contributed by atoms with Crippen molar-refractivity contribution in [2.45, 2.75) is 50.9 Å². The van der Waals surface area contributed by atoms with E-state index in [1.807, 2.05) is 4.90 Å². The third-order valence-electron chi connectivity index (χ3n) is 4.93. The van der Waals surface area contributed by atoms with E-state index in [0.717, 1.165) is 31.5 Å². The van der Waals surface area contributed by atoms with Gasteiger partial charge in [0.2, 0.25) is 0 Å². The zero-order valence-electron chi connectivity index (χ0n) is 14.1. The van der Waals surface area contributed by atoms with Gasteiger partial charge in [0, 0.05) is 31.6 Å². The topological polar surface area (TPSA) is 78.1 Å². The highest BCUT2D eigenvalue weighted by Gasteiger charge is 2.25. The number of rotatable bonds is 4. The Bertz CT molecular complexity index is 652. The van der Waals surface area contributed by atoms with Crippen molar-refractivity contribution >= 4 is 6.03 Å². The van der Waals surface area contributed by atoms with Crippen LogP contribution in [0.15, 0.2) is 28.8 Å². The van der Waals surface area contributed by atoms with Crippen molar-refractivity contribution in [1.82, 2.24) is 20.2 Å². The smallest absolute Gasteiger partial charge is 0.317 e. The van der Waals surface area contributed by atoms with E-state index in [2.05, 4.69) is 21.4 Å². The van der Waals surface area contributed by atoms with E-state index in [-0.39, 0.29) is 17.5 Å². The van der Waals surface area contributed by atoms with Gasteiger partial charge in [-0.1, -0.05) is 11.6 Å². The Kier molecular flexibility index (Phi) is 5.67. The van der Waals surface area contributed by atoms with Crippen molar-refractivity contribution < 1.29 is 4.79 Å². The lowest BCUT2D eigenvalue weighted by Gasteiger charge is -2.32. The molecule has 2 heterocycles. The van der Waals surface area contributed by atoms with E-state index in [1.165, 1.54) is 37.6 Å². The van der Waals surface area contributed by atoms with Crippen LogP contribution in [0.5, 0.6) is 0 Å². The molecule has 2 amide bonds. The Morgan fingerprint density at radius 1 is 1.38 bits per heavy atom. The predicted octanol–water partition coefficient (Wildman–Crippen LogP) is 2.55. The first-order chi connectivity index (χ1) is 11.7. The number of carbonyl (C=O) groups excluding carboxylic acids is 1. The maximum absolute atomic E-state index is 12.4. The van der Waals surface area contributed by atoms with E-state index < -0.39 is 0 Å². The highest BCUT2D eigenvalue weighted by Crippen LogP contribution is 2.24. The number of hydrogen-bond donors (Lipinski definition) is 2. The van der Waals surface area contributed by atoms with Gasteiger partial charge in [-0.2, -0.15) is 0 Å². The Balaban J connectivity index is 1.49. The third-order valence-corrected chi connectivity index (χ3v) is 4.93. The van der Waals surface area contributed by atoms with E-state index in [4.69, 9.17) is 0 Å². The van der Waals surface area contributed by atoms with Gasteiger partial charge in [-0.3, -0.25) is 4.79 Å². The number of likely N-dealkylation sites (tertiary alicyclic amines) is 1. The zero-order valence-corrected chi connectivity index (χ0v) is 14.1. The van der Waals surface area contributed by atoms with Crippen molar-refractivity contribution in [2.24, 2.45) is 0 Å². The molecule has 1 aliphatic carbocycles. The van der Waals surface area contributed by atoms with Gasteiger partial charge in [-0.15, -0.1) is 0 Å². The van der Waals surface area contributed by atoms with Crippen molar-refractivity contribution in [3.8, 4) is 0 Å². The minimum Gasteiger partial charge on any atom is -0.338 e. The lowest BCUT2D eigenvalue weighted by Crippen LogP contribution is -2.45. The molecule has 1 aromatic rings. The molecule has 1 aromatic heterocycles. The fraction of sp³-hybridized carbons (Fsp3) is 0.611. The molecular formula is C18H26N4O2. The van der Waals surface area contributed by atoms with Crippen molar-refractivity contribution in [3.05, 3.63) is 40.1 Å². The number of aromatic nitrogens is 2. The second-order valence-corrected chi connectivity index (χ2v) is 6.71. The van der Waals surface area contributed by atoms with Gasteiger partial charge in [0.25, 0.3) is 5.56 Å². The molecule has 0 saturated carbocycles. The zero-order chi connectivity index (χ0) is 16.8. The molecule has 0 aromatic carbocycles. The van der Waals surface area contributed by atoms with Crippen LogP contribution in [-0.4, -0.2) is 40.5 Å². The van der Waals surface area contributed by atoms with Crippen molar-refractivity contribution in [1.29, 1.82) is 0 Å². The van der Waals surface area contributed by atoms with Crippen LogP contribution in [0.25, 0.3) is 0 Å². The number of allylic oxidation sites excluding steroid dienone is 1.